The molecule has 0 aliphatic heterocycles. The summed E-state index contributed by atoms with van der Waals surface area (Å²) in [6, 6.07) is 0.991. The second-order valence-electron chi connectivity index (χ2n) is 5.58. The number of nitrogens with zero attached hydrogens (tertiary/aromatic N) is 2. The molecule has 0 aliphatic rings. The van der Waals surface area contributed by atoms with Gasteiger partial charge in [-0.05, 0) is 63.4 Å². The normalized spacial score (nSPS) is 15.5. The highest BCUT2D eigenvalue weighted by Crippen LogP contribution is 3.02. The van der Waals surface area contributed by atoms with E-state index in [1.165, 1.54) is 18.5 Å². The van der Waals surface area contributed by atoms with Crippen LogP contribution in [0.5, 0.6) is 0 Å². The molecule has 1 aromatic carbocycles. The summed E-state index contributed by atoms with van der Waals surface area (Å²) in [5.41, 5.74) is 3.04. The Morgan fingerprint density at radius 2 is 1.32 bits per heavy atom. The smallest absolute Gasteiger partial charge is 0.237 e. The first-order valence-corrected chi connectivity index (χ1v) is 8.45. The summed E-state index contributed by atoms with van der Waals surface area (Å²) in [5, 5.41) is 4.29. The third kappa shape index (κ3) is 2.84. The van der Waals surface area contributed by atoms with Crippen molar-refractivity contribution in [3.8, 4) is 5.69 Å². The van der Waals surface area contributed by atoms with Gasteiger partial charge < -0.3 is 0 Å². The van der Waals surface area contributed by atoms with E-state index >= 15 is 0 Å². The van der Waals surface area contributed by atoms with Crippen LogP contribution in [0.15, 0.2) is 17.0 Å². The number of benzene rings is 1. The Kier molecular flexibility index (Phi) is 3.08. The van der Waals surface area contributed by atoms with Crippen molar-refractivity contribution >= 4 is 10.2 Å². The van der Waals surface area contributed by atoms with Crippen molar-refractivity contribution in [2.75, 3.05) is 0 Å². The van der Waals surface area contributed by atoms with Crippen LogP contribution in [0, 0.1) is 34.6 Å². The van der Waals surface area contributed by atoms with Crippen molar-refractivity contribution in [1.82, 2.24) is 9.78 Å². The Morgan fingerprint density at radius 3 is 1.64 bits per heavy atom. The van der Waals surface area contributed by atoms with Crippen LogP contribution >= 0.6 is 10.2 Å². The molecule has 0 aliphatic carbocycles. The lowest BCUT2D eigenvalue weighted by molar-refractivity contribution is 0.363. The van der Waals surface area contributed by atoms with Crippen molar-refractivity contribution in [3.63, 3.8) is 0 Å². The van der Waals surface area contributed by atoms with Crippen LogP contribution < -0.4 is 0 Å². The highest BCUT2D eigenvalue weighted by Gasteiger charge is 2.65. The Morgan fingerprint density at radius 1 is 0.864 bits per heavy atom. The molecule has 2 aromatic rings. The van der Waals surface area contributed by atoms with Gasteiger partial charge in [0.05, 0.1) is 11.4 Å². The molecular weight excluding hydrogens is 323 g/mol. The van der Waals surface area contributed by atoms with E-state index in [2.05, 4.69) is 5.10 Å². The molecule has 0 unspecified atom stereocenters. The summed E-state index contributed by atoms with van der Waals surface area (Å²) in [5.74, 6) is 0. The molecule has 0 bridgehead atoms. The molecule has 124 valence electrons. The van der Waals surface area contributed by atoms with E-state index < -0.39 is 15.1 Å². The van der Waals surface area contributed by atoms with Gasteiger partial charge in [0.1, 0.15) is 4.90 Å². The first-order valence-electron chi connectivity index (χ1n) is 6.50. The maximum Gasteiger partial charge on any atom is 0.310 e. The fourth-order valence-corrected chi connectivity index (χ4v) is 3.21. The van der Waals surface area contributed by atoms with Gasteiger partial charge in [-0.3, -0.25) is 0 Å². The van der Waals surface area contributed by atoms with Crippen molar-refractivity contribution in [2.24, 2.45) is 0 Å². The van der Waals surface area contributed by atoms with Crippen molar-refractivity contribution in [1.29, 1.82) is 0 Å². The SMILES string of the molecule is Cc1cc(S(F)(F)(F)(F)F)cc(C)c1-n1nc(C)c(C)c1C. The molecule has 0 N–H and O–H groups in total. The molecule has 0 atom stereocenters. The molecular formula is C14H17F5N2S. The third-order valence-electron chi connectivity index (χ3n) is 3.77. The zero-order chi connectivity index (χ0) is 17.1. The molecule has 0 fully saturated rings. The summed E-state index contributed by atoms with van der Waals surface area (Å²) in [6.45, 7) is 8.17. The van der Waals surface area contributed by atoms with E-state index in [0.717, 1.165) is 17.0 Å². The number of halogens is 5. The molecule has 2 rings (SSSR count). The molecule has 8 heteroatoms. The van der Waals surface area contributed by atoms with Gasteiger partial charge in [0, 0.05) is 5.69 Å². The average Bonchev–Trinajstić information content (AvgIpc) is 2.53. The molecule has 1 heterocycles. The molecule has 0 spiro atoms. The lowest BCUT2D eigenvalue weighted by atomic mass is 10.1. The number of rotatable bonds is 2. The minimum atomic E-state index is -9.68. The largest absolute Gasteiger partial charge is 0.310 e. The molecule has 22 heavy (non-hydrogen) atoms. The van der Waals surface area contributed by atoms with E-state index in [4.69, 9.17) is 0 Å². The summed E-state index contributed by atoms with van der Waals surface area (Å²) in [6.07, 6.45) is 0. The first-order chi connectivity index (χ1) is 9.61. The molecule has 0 radical (unpaired) electrons. The fourth-order valence-electron chi connectivity index (χ4n) is 2.41. The predicted octanol–water partition coefficient (Wildman–Crippen LogP) is 6.07. The van der Waals surface area contributed by atoms with E-state index in [0.29, 0.717) is 17.8 Å². The van der Waals surface area contributed by atoms with Gasteiger partial charge in [-0.1, -0.05) is 19.4 Å². The molecule has 0 saturated carbocycles. The first kappa shape index (κ1) is 16.8. The Bertz CT molecular complexity index is 752. The van der Waals surface area contributed by atoms with Crippen molar-refractivity contribution in [2.45, 2.75) is 39.5 Å². The van der Waals surface area contributed by atoms with E-state index in [9.17, 15) is 19.4 Å². The van der Waals surface area contributed by atoms with Crippen LogP contribution in [0.2, 0.25) is 0 Å². The van der Waals surface area contributed by atoms with Crippen LogP contribution in [0.4, 0.5) is 19.4 Å². The zero-order valence-corrected chi connectivity index (χ0v) is 13.7. The van der Waals surface area contributed by atoms with Crippen LogP contribution in [0.25, 0.3) is 5.69 Å². The maximum absolute atomic E-state index is 13.0. The quantitative estimate of drug-likeness (QED) is 0.607. The molecule has 1 aromatic heterocycles. The third-order valence-corrected chi connectivity index (χ3v) is 4.90. The standard InChI is InChI=1S/C14H17F5N2S/c1-8-6-13(22(15,16,17,18)19)7-9(2)14(8)21-12(5)10(3)11(4)20-21/h6-7H,1-5H3. The van der Waals surface area contributed by atoms with Crippen LogP contribution in [-0.2, 0) is 0 Å². The van der Waals surface area contributed by atoms with Gasteiger partial charge in [-0.15, -0.1) is 0 Å². The Labute approximate surface area is 125 Å². The number of hydrogen-bond acceptors (Lipinski definition) is 1. The fraction of sp³-hybridized carbons (Fsp3) is 0.357. The van der Waals surface area contributed by atoms with Gasteiger partial charge in [0.15, 0.2) is 0 Å². The van der Waals surface area contributed by atoms with E-state index in [1.54, 1.807) is 13.8 Å². The minimum Gasteiger partial charge on any atom is -0.237 e. The average molecular weight is 340 g/mol. The van der Waals surface area contributed by atoms with Gasteiger partial charge in [-0.2, -0.15) is 5.10 Å². The summed E-state index contributed by atoms with van der Waals surface area (Å²) < 4.78 is 66.3. The lowest BCUT2D eigenvalue weighted by Crippen LogP contribution is -2.10. The second kappa shape index (κ2) is 4.04. The maximum atomic E-state index is 13.0. The van der Waals surface area contributed by atoms with Gasteiger partial charge in [0.25, 0.3) is 0 Å². The minimum absolute atomic E-state index is 0.105. The number of aromatic nitrogens is 2. The summed E-state index contributed by atoms with van der Waals surface area (Å²) >= 11 is 0. The van der Waals surface area contributed by atoms with Crippen LogP contribution in [0.1, 0.15) is 28.1 Å². The van der Waals surface area contributed by atoms with Gasteiger partial charge >= 0.3 is 10.2 Å². The lowest BCUT2D eigenvalue weighted by Gasteiger charge is -2.41. The summed E-state index contributed by atoms with van der Waals surface area (Å²) in [7, 11) is -9.68. The van der Waals surface area contributed by atoms with Crippen molar-refractivity contribution in [3.05, 3.63) is 40.2 Å². The topological polar surface area (TPSA) is 17.8 Å². The van der Waals surface area contributed by atoms with Crippen LogP contribution in [0.3, 0.4) is 0 Å². The molecule has 0 saturated heterocycles. The monoisotopic (exact) mass is 340 g/mol. The number of hydrogen-bond donors (Lipinski definition) is 0. The summed E-state index contributed by atoms with van der Waals surface area (Å²) in [4.78, 5) is -1.86. The highest BCUT2D eigenvalue weighted by molar-refractivity contribution is 8.45. The van der Waals surface area contributed by atoms with Crippen LogP contribution in [-0.4, -0.2) is 9.78 Å². The molecule has 0 amide bonds. The zero-order valence-electron chi connectivity index (χ0n) is 12.8. The van der Waals surface area contributed by atoms with Crippen molar-refractivity contribution < 1.29 is 19.4 Å². The number of aryl methyl sites for hydroxylation is 3. The van der Waals surface area contributed by atoms with E-state index in [-0.39, 0.29) is 11.1 Å². The Hall–Kier alpha value is -1.57. The highest BCUT2D eigenvalue weighted by atomic mass is 32.5. The van der Waals surface area contributed by atoms with Gasteiger partial charge in [0.2, 0.25) is 0 Å². The Balaban J connectivity index is 2.76. The molecule has 2 nitrogen and oxygen atoms in total. The van der Waals surface area contributed by atoms with Gasteiger partial charge in [-0.25, -0.2) is 4.68 Å². The van der Waals surface area contributed by atoms with E-state index in [1.807, 2.05) is 6.92 Å². The predicted molar refractivity (Wildman–Crippen MR) is 78.6 cm³/mol. The second-order valence-corrected chi connectivity index (χ2v) is 7.99.